The molecule has 0 spiro atoms. The Hall–Kier alpha value is -2.64. The van der Waals surface area contributed by atoms with Crippen molar-refractivity contribution in [3.8, 4) is 0 Å². The fourth-order valence-electron chi connectivity index (χ4n) is 1.85. The number of amides is 1. The van der Waals surface area contributed by atoms with Gasteiger partial charge in [-0.05, 0) is 48.6 Å². The summed E-state index contributed by atoms with van der Waals surface area (Å²) in [6.07, 6.45) is 0.575. The van der Waals surface area contributed by atoms with Gasteiger partial charge in [-0.2, -0.15) is 0 Å². The van der Waals surface area contributed by atoms with Gasteiger partial charge < -0.3 is 5.32 Å². The fourth-order valence-corrected chi connectivity index (χ4v) is 2.17. The lowest BCUT2D eigenvalue weighted by Crippen LogP contribution is -2.43. The Balaban J connectivity index is 2.02. The summed E-state index contributed by atoms with van der Waals surface area (Å²) in [5.74, 6) is 0. The summed E-state index contributed by atoms with van der Waals surface area (Å²) < 4.78 is 0. The van der Waals surface area contributed by atoms with E-state index >= 15 is 0 Å². The van der Waals surface area contributed by atoms with Crippen molar-refractivity contribution < 1.29 is 4.79 Å². The lowest BCUT2D eigenvalue weighted by Gasteiger charge is -2.24. The molecule has 0 heterocycles. The Kier molecular flexibility index (Phi) is 5.70. The number of hydrazine groups is 2. The lowest BCUT2D eigenvalue weighted by atomic mass is 10.3. The molecule has 0 aliphatic carbocycles. The summed E-state index contributed by atoms with van der Waals surface area (Å²) in [4.78, 5) is 10.2. The van der Waals surface area contributed by atoms with Crippen molar-refractivity contribution in [2.45, 2.75) is 0 Å². The third-order valence-corrected chi connectivity index (χ3v) is 3.14. The molecule has 7 heteroatoms. The van der Waals surface area contributed by atoms with Gasteiger partial charge in [0.05, 0.1) is 11.4 Å². The molecule has 0 radical (unpaired) electrons. The summed E-state index contributed by atoms with van der Waals surface area (Å²) in [6.45, 7) is 0. The molecular formula is C15H17N5OS. The molecule has 0 aliphatic rings. The topological polar surface area (TPSA) is 68.4 Å². The van der Waals surface area contributed by atoms with Gasteiger partial charge in [0.1, 0.15) is 0 Å². The van der Waals surface area contributed by atoms with Crippen LogP contribution in [0.3, 0.4) is 0 Å². The molecule has 0 unspecified atom stereocenters. The van der Waals surface area contributed by atoms with Gasteiger partial charge in [-0.1, -0.05) is 18.2 Å². The minimum atomic E-state index is 0.528. The van der Waals surface area contributed by atoms with Gasteiger partial charge in [-0.25, -0.2) is 5.43 Å². The Morgan fingerprint density at radius 2 is 1.68 bits per heavy atom. The maximum Gasteiger partial charge on any atom is 0.225 e. The van der Waals surface area contributed by atoms with E-state index in [1.165, 1.54) is 0 Å². The van der Waals surface area contributed by atoms with Crippen LogP contribution in [0.25, 0.3) is 0 Å². The number of carbonyl (C=O) groups excluding carboxylic acids is 1. The second-order valence-corrected chi connectivity index (χ2v) is 4.68. The normalized spacial score (nSPS) is 9.68. The van der Waals surface area contributed by atoms with Crippen molar-refractivity contribution in [1.29, 1.82) is 0 Å². The van der Waals surface area contributed by atoms with Crippen molar-refractivity contribution in [2.75, 3.05) is 22.8 Å². The summed E-state index contributed by atoms with van der Waals surface area (Å²) in [5.41, 5.74) is 10.7. The molecule has 0 bridgehead atoms. The molecule has 0 saturated carbocycles. The van der Waals surface area contributed by atoms with Crippen LogP contribution in [0.2, 0.25) is 0 Å². The van der Waals surface area contributed by atoms with Gasteiger partial charge in [0.15, 0.2) is 5.11 Å². The van der Waals surface area contributed by atoms with E-state index < -0.39 is 0 Å². The van der Waals surface area contributed by atoms with Crippen LogP contribution in [0, 0.1) is 0 Å². The number of carbonyl (C=O) groups is 1. The van der Waals surface area contributed by atoms with E-state index in [2.05, 4.69) is 21.6 Å². The molecular weight excluding hydrogens is 298 g/mol. The summed E-state index contributed by atoms with van der Waals surface area (Å²) in [7, 11) is 1.80. The number of rotatable bonds is 6. The van der Waals surface area contributed by atoms with Gasteiger partial charge in [0.2, 0.25) is 6.41 Å². The number of thiocarbonyl (C=S) groups is 1. The van der Waals surface area contributed by atoms with Crippen molar-refractivity contribution >= 4 is 40.8 Å². The first-order chi connectivity index (χ1) is 10.7. The van der Waals surface area contributed by atoms with E-state index in [0.29, 0.717) is 11.5 Å². The molecule has 22 heavy (non-hydrogen) atoms. The van der Waals surface area contributed by atoms with E-state index in [1.807, 2.05) is 54.6 Å². The number of nitrogens with zero attached hydrogens (tertiary/aromatic N) is 1. The van der Waals surface area contributed by atoms with Crippen LogP contribution in [-0.2, 0) is 4.79 Å². The van der Waals surface area contributed by atoms with Crippen molar-refractivity contribution in [3.05, 3.63) is 54.6 Å². The minimum Gasteiger partial charge on any atom is -0.331 e. The SMILES string of the molecule is CNN(C(=S)Nc1ccc(NNC=O)cc1)c1ccccc1. The third-order valence-electron chi connectivity index (χ3n) is 2.85. The maximum absolute atomic E-state index is 10.2. The zero-order valence-corrected chi connectivity index (χ0v) is 12.9. The molecule has 1 amide bonds. The first-order valence-corrected chi connectivity index (χ1v) is 7.04. The van der Waals surface area contributed by atoms with Crippen LogP contribution in [-0.4, -0.2) is 18.6 Å². The number of anilines is 3. The highest BCUT2D eigenvalue weighted by molar-refractivity contribution is 7.80. The first kappa shape index (κ1) is 15.7. The van der Waals surface area contributed by atoms with Crippen molar-refractivity contribution in [3.63, 3.8) is 0 Å². The van der Waals surface area contributed by atoms with Crippen LogP contribution in [0.1, 0.15) is 0 Å². The second-order valence-electron chi connectivity index (χ2n) is 4.29. The molecule has 2 rings (SSSR count). The van der Waals surface area contributed by atoms with Crippen LogP contribution in [0.15, 0.2) is 54.6 Å². The van der Waals surface area contributed by atoms with Crippen molar-refractivity contribution in [1.82, 2.24) is 10.9 Å². The highest BCUT2D eigenvalue weighted by atomic mass is 32.1. The third kappa shape index (κ3) is 4.18. The van der Waals surface area contributed by atoms with E-state index in [0.717, 1.165) is 17.1 Å². The summed E-state index contributed by atoms with van der Waals surface area (Å²) in [5, 5.41) is 5.45. The highest BCUT2D eigenvalue weighted by Gasteiger charge is 2.09. The van der Waals surface area contributed by atoms with E-state index in [9.17, 15) is 4.79 Å². The molecule has 0 aromatic heterocycles. The predicted molar refractivity (Wildman–Crippen MR) is 93.5 cm³/mol. The van der Waals surface area contributed by atoms with Crippen LogP contribution in [0.5, 0.6) is 0 Å². The van der Waals surface area contributed by atoms with Crippen LogP contribution >= 0.6 is 12.2 Å². The van der Waals surface area contributed by atoms with Crippen LogP contribution in [0.4, 0.5) is 17.1 Å². The highest BCUT2D eigenvalue weighted by Crippen LogP contribution is 2.16. The number of benzene rings is 2. The van der Waals surface area contributed by atoms with Gasteiger partial charge in [-0.15, -0.1) is 0 Å². The number of hydrogen-bond acceptors (Lipinski definition) is 4. The Bertz CT molecular complexity index is 618. The molecule has 2 aromatic rings. The van der Waals surface area contributed by atoms with Gasteiger partial charge in [0, 0.05) is 12.7 Å². The zero-order chi connectivity index (χ0) is 15.8. The van der Waals surface area contributed by atoms with Gasteiger partial charge >= 0.3 is 0 Å². The number of nitrogens with one attached hydrogen (secondary N) is 4. The lowest BCUT2D eigenvalue weighted by molar-refractivity contribution is -0.109. The van der Waals surface area contributed by atoms with Crippen LogP contribution < -0.4 is 26.6 Å². The standard InChI is InChI=1S/C15H17N5OS/c1-16-20(14-5-3-2-4-6-14)15(22)18-12-7-9-13(10-8-12)19-17-11-21/h2-11,16,19H,1H3,(H,17,21)(H,18,22). The predicted octanol–water partition coefficient (Wildman–Crippen LogP) is 2.10. The Labute approximate surface area is 134 Å². The molecule has 0 atom stereocenters. The van der Waals surface area contributed by atoms with Crippen molar-refractivity contribution in [2.24, 2.45) is 0 Å². The first-order valence-electron chi connectivity index (χ1n) is 6.63. The average molecular weight is 315 g/mol. The number of hydrogen-bond donors (Lipinski definition) is 4. The summed E-state index contributed by atoms with van der Waals surface area (Å²) in [6, 6.07) is 17.1. The van der Waals surface area contributed by atoms with E-state index in [1.54, 1.807) is 12.1 Å². The minimum absolute atomic E-state index is 0.528. The fraction of sp³-hybridized carbons (Fsp3) is 0.0667. The Morgan fingerprint density at radius 3 is 2.27 bits per heavy atom. The van der Waals surface area contributed by atoms with Gasteiger partial charge in [-0.3, -0.25) is 20.7 Å². The Morgan fingerprint density at radius 1 is 1.05 bits per heavy atom. The summed E-state index contributed by atoms with van der Waals surface area (Å²) >= 11 is 5.42. The van der Waals surface area contributed by atoms with E-state index in [4.69, 9.17) is 12.2 Å². The van der Waals surface area contributed by atoms with E-state index in [-0.39, 0.29) is 0 Å². The largest absolute Gasteiger partial charge is 0.331 e. The smallest absolute Gasteiger partial charge is 0.225 e. The molecule has 0 fully saturated rings. The quantitative estimate of drug-likeness (QED) is 0.372. The monoisotopic (exact) mass is 315 g/mol. The molecule has 0 saturated heterocycles. The molecule has 114 valence electrons. The molecule has 2 aromatic carbocycles. The van der Waals surface area contributed by atoms with Gasteiger partial charge in [0.25, 0.3) is 0 Å². The maximum atomic E-state index is 10.2. The second kappa shape index (κ2) is 7.96. The number of para-hydroxylation sites is 1. The molecule has 4 N–H and O–H groups in total. The molecule has 6 nitrogen and oxygen atoms in total. The zero-order valence-electron chi connectivity index (χ0n) is 12.0. The molecule has 0 aliphatic heterocycles. The average Bonchev–Trinajstić information content (AvgIpc) is 2.56.